The molecule has 0 saturated carbocycles. The van der Waals surface area contributed by atoms with E-state index in [2.05, 4.69) is 0 Å². The second-order valence-corrected chi connectivity index (χ2v) is 7.46. The highest BCUT2D eigenvalue weighted by atomic mass is 32.1. The zero-order chi connectivity index (χ0) is 20.1. The van der Waals surface area contributed by atoms with Gasteiger partial charge in [0, 0.05) is 22.4 Å². The number of hydrogen-bond acceptors (Lipinski definition) is 5. The molecule has 142 valence electrons. The lowest BCUT2D eigenvalue weighted by molar-refractivity contribution is -0.134. The molecule has 0 radical (unpaired) electrons. The molecule has 6 heteroatoms. The molecule has 3 rings (SSSR count). The summed E-state index contributed by atoms with van der Waals surface area (Å²) in [6, 6.07) is 15.0. The van der Waals surface area contributed by atoms with Crippen molar-refractivity contribution in [1.82, 2.24) is 0 Å². The van der Waals surface area contributed by atoms with Gasteiger partial charge in [0.1, 0.15) is 11.6 Å². The number of aryl methyl sites for hydroxylation is 1. The Morgan fingerprint density at radius 2 is 1.46 bits per heavy atom. The van der Waals surface area contributed by atoms with Gasteiger partial charge < -0.3 is 4.74 Å². The van der Waals surface area contributed by atoms with E-state index in [0.29, 0.717) is 21.8 Å². The zero-order valence-electron chi connectivity index (χ0n) is 15.1. The number of ether oxygens (including phenoxy) is 1. The molecule has 0 fully saturated rings. The van der Waals surface area contributed by atoms with Gasteiger partial charge in [-0.25, -0.2) is 4.39 Å². The number of hydrogen-bond donors (Lipinski definition) is 0. The summed E-state index contributed by atoms with van der Waals surface area (Å²) in [4.78, 5) is 38.0. The number of ketones is 2. The van der Waals surface area contributed by atoms with Crippen LogP contribution in [0, 0.1) is 12.7 Å². The number of carbonyl (C=O) groups excluding carboxylic acids is 3. The fourth-order valence-electron chi connectivity index (χ4n) is 2.55. The van der Waals surface area contributed by atoms with Crippen molar-refractivity contribution in [2.45, 2.75) is 19.8 Å². The largest absolute Gasteiger partial charge is 0.427 e. The highest BCUT2D eigenvalue weighted by Gasteiger charge is 2.13. The lowest BCUT2D eigenvalue weighted by Crippen LogP contribution is -2.10. The molecule has 1 aromatic heterocycles. The summed E-state index contributed by atoms with van der Waals surface area (Å²) in [6.45, 7) is 1.92. The molecule has 0 amide bonds. The zero-order valence-corrected chi connectivity index (χ0v) is 15.9. The van der Waals surface area contributed by atoms with Crippen LogP contribution in [0.5, 0.6) is 5.75 Å². The van der Waals surface area contributed by atoms with Gasteiger partial charge in [-0.3, -0.25) is 14.4 Å². The van der Waals surface area contributed by atoms with Crippen LogP contribution in [0.4, 0.5) is 4.39 Å². The van der Waals surface area contributed by atoms with Gasteiger partial charge in [0.15, 0.2) is 11.6 Å². The van der Waals surface area contributed by atoms with Crippen LogP contribution in [0.3, 0.4) is 0 Å². The van der Waals surface area contributed by atoms with Crippen LogP contribution >= 0.6 is 11.3 Å². The molecule has 0 N–H and O–H groups in total. The van der Waals surface area contributed by atoms with Crippen molar-refractivity contribution in [2.24, 2.45) is 0 Å². The van der Waals surface area contributed by atoms with Gasteiger partial charge in [-0.05, 0) is 67.6 Å². The van der Waals surface area contributed by atoms with Crippen LogP contribution in [-0.2, 0) is 4.79 Å². The summed E-state index contributed by atoms with van der Waals surface area (Å²) in [5.41, 5.74) is 0.767. The predicted octanol–water partition coefficient (Wildman–Crippen LogP) is 5.00. The molecular formula is C22H17FO4S. The average molecular weight is 396 g/mol. The number of rotatable bonds is 7. The molecule has 4 nitrogen and oxygen atoms in total. The summed E-state index contributed by atoms with van der Waals surface area (Å²) >= 11 is 1.40. The Labute approximate surface area is 165 Å². The van der Waals surface area contributed by atoms with E-state index >= 15 is 0 Å². The number of Topliss-reactive ketones (excluding diaryl/α,β-unsaturated/α-hetero) is 1. The molecule has 2 aromatic carbocycles. The third-order valence-corrected chi connectivity index (χ3v) is 5.07. The first kappa shape index (κ1) is 19.6. The Hall–Kier alpha value is -3.12. The van der Waals surface area contributed by atoms with E-state index in [9.17, 15) is 18.8 Å². The Morgan fingerprint density at radius 3 is 2.04 bits per heavy atom. The lowest BCUT2D eigenvalue weighted by atomic mass is 10.0. The smallest absolute Gasteiger partial charge is 0.311 e. The fourth-order valence-corrected chi connectivity index (χ4v) is 3.38. The van der Waals surface area contributed by atoms with Crippen LogP contribution in [0.1, 0.15) is 43.3 Å². The van der Waals surface area contributed by atoms with Crippen LogP contribution in [0.2, 0.25) is 0 Å². The first-order valence-corrected chi connectivity index (χ1v) is 9.44. The Bertz CT molecular complexity index is 1000. The second kappa shape index (κ2) is 8.71. The van der Waals surface area contributed by atoms with Crippen LogP contribution in [0.25, 0.3) is 0 Å². The maximum atomic E-state index is 13.0. The SMILES string of the molecule is Cc1ccc(C(=O)CCC(=O)Oc2ccc(C(=O)c3ccc(F)cc3)cc2)s1. The first-order chi connectivity index (χ1) is 13.4. The highest BCUT2D eigenvalue weighted by molar-refractivity contribution is 7.14. The molecule has 3 aromatic rings. The van der Waals surface area contributed by atoms with Gasteiger partial charge in [0.2, 0.25) is 0 Å². The first-order valence-electron chi connectivity index (χ1n) is 8.63. The van der Waals surface area contributed by atoms with Gasteiger partial charge >= 0.3 is 5.97 Å². The van der Waals surface area contributed by atoms with Crippen molar-refractivity contribution < 1.29 is 23.5 Å². The van der Waals surface area contributed by atoms with Gasteiger partial charge in [0.25, 0.3) is 0 Å². The van der Waals surface area contributed by atoms with Crippen molar-refractivity contribution in [1.29, 1.82) is 0 Å². The minimum atomic E-state index is -0.515. The minimum absolute atomic E-state index is 0.0218. The number of carbonyl (C=O) groups is 3. The van der Waals surface area contributed by atoms with Crippen molar-refractivity contribution in [2.75, 3.05) is 0 Å². The average Bonchev–Trinajstić information content (AvgIpc) is 3.13. The molecule has 0 unspecified atom stereocenters. The Kier molecular flexibility index (Phi) is 6.11. The van der Waals surface area contributed by atoms with E-state index in [1.54, 1.807) is 6.07 Å². The van der Waals surface area contributed by atoms with Crippen molar-refractivity contribution in [3.05, 3.63) is 87.4 Å². The summed E-state index contributed by atoms with van der Waals surface area (Å²) in [7, 11) is 0. The highest BCUT2D eigenvalue weighted by Crippen LogP contribution is 2.19. The number of thiophene rings is 1. The molecule has 0 spiro atoms. The van der Waals surface area contributed by atoms with Crippen LogP contribution in [0.15, 0.2) is 60.7 Å². The molecule has 0 atom stereocenters. The molecule has 28 heavy (non-hydrogen) atoms. The van der Waals surface area contributed by atoms with Gasteiger partial charge in [-0.2, -0.15) is 0 Å². The Morgan fingerprint density at radius 1 is 0.857 bits per heavy atom. The molecule has 0 bridgehead atoms. The van der Waals surface area contributed by atoms with Gasteiger partial charge in [-0.1, -0.05) is 0 Å². The normalized spacial score (nSPS) is 10.5. The van der Waals surface area contributed by atoms with Crippen LogP contribution < -0.4 is 4.74 Å². The summed E-state index contributed by atoms with van der Waals surface area (Å²) < 4.78 is 18.2. The second-order valence-electron chi connectivity index (χ2n) is 6.17. The molecule has 0 saturated heterocycles. The standard InChI is InChI=1S/C22H17FO4S/c1-14-2-12-20(28-14)19(24)11-13-21(25)27-18-9-5-16(6-10-18)22(26)15-3-7-17(23)8-4-15/h2-10,12H,11,13H2,1H3. The minimum Gasteiger partial charge on any atom is -0.427 e. The topological polar surface area (TPSA) is 60.4 Å². The Balaban J connectivity index is 1.54. The number of benzene rings is 2. The van der Waals surface area contributed by atoms with Gasteiger partial charge in [-0.15, -0.1) is 11.3 Å². The fraction of sp³-hybridized carbons (Fsp3) is 0.136. The monoisotopic (exact) mass is 396 g/mol. The summed E-state index contributed by atoms with van der Waals surface area (Å²) in [6.07, 6.45) is 0.0615. The van der Waals surface area contributed by atoms with Crippen LogP contribution in [-0.4, -0.2) is 17.5 Å². The van der Waals surface area contributed by atoms with E-state index in [0.717, 1.165) is 4.88 Å². The molecule has 1 heterocycles. The molecule has 0 aliphatic rings. The third-order valence-electron chi connectivity index (χ3n) is 4.03. The van der Waals surface area contributed by atoms with Crippen molar-refractivity contribution >= 4 is 28.9 Å². The predicted molar refractivity (Wildman–Crippen MR) is 105 cm³/mol. The summed E-state index contributed by atoms with van der Waals surface area (Å²) in [5, 5.41) is 0. The number of halogens is 1. The van der Waals surface area contributed by atoms with E-state index in [4.69, 9.17) is 4.74 Å². The molecule has 0 aliphatic heterocycles. The van der Waals surface area contributed by atoms with E-state index in [1.807, 2.05) is 13.0 Å². The maximum absolute atomic E-state index is 13.0. The van der Waals surface area contributed by atoms with Crippen molar-refractivity contribution in [3.8, 4) is 5.75 Å². The van der Waals surface area contributed by atoms with Gasteiger partial charge in [0.05, 0.1) is 11.3 Å². The van der Waals surface area contributed by atoms with E-state index < -0.39 is 11.8 Å². The summed E-state index contributed by atoms with van der Waals surface area (Å²) in [5.74, 6) is -0.976. The van der Waals surface area contributed by atoms with Crippen molar-refractivity contribution in [3.63, 3.8) is 0 Å². The quantitative estimate of drug-likeness (QED) is 0.320. The lowest BCUT2D eigenvalue weighted by Gasteiger charge is -2.06. The third kappa shape index (κ3) is 4.98. The maximum Gasteiger partial charge on any atom is 0.311 e. The molecular weight excluding hydrogens is 379 g/mol. The van der Waals surface area contributed by atoms with E-state index in [-0.39, 0.29) is 24.4 Å². The number of esters is 1. The molecule has 0 aliphatic carbocycles. The van der Waals surface area contributed by atoms with E-state index in [1.165, 1.54) is 59.9 Å².